The molecule has 3 N–H and O–H groups in total. The first-order chi connectivity index (χ1) is 8.15. The number of amides is 1. The smallest absolute Gasteiger partial charge is 0.275 e. The monoisotopic (exact) mass is 228 g/mol. The van der Waals surface area contributed by atoms with Crippen molar-refractivity contribution in [2.75, 3.05) is 11.1 Å². The largest absolute Gasteiger partial charge is 0.382 e. The molecule has 5 nitrogen and oxygen atoms in total. The predicted molar refractivity (Wildman–Crippen MR) is 65.6 cm³/mol. The average molecular weight is 228 g/mol. The van der Waals surface area contributed by atoms with Crippen LogP contribution in [0.2, 0.25) is 0 Å². The van der Waals surface area contributed by atoms with E-state index in [4.69, 9.17) is 5.73 Å². The number of hydrogen-bond acceptors (Lipinski definition) is 4. The SMILES string of the molecule is Cc1ccc(NC(=O)c2cncc(N)n2)cc1. The van der Waals surface area contributed by atoms with Crippen molar-refractivity contribution >= 4 is 17.4 Å². The summed E-state index contributed by atoms with van der Waals surface area (Å²) in [7, 11) is 0. The molecule has 0 unspecified atom stereocenters. The van der Waals surface area contributed by atoms with Crippen LogP contribution in [0.1, 0.15) is 16.1 Å². The third kappa shape index (κ3) is 2.78. The van der Waals surface area contributed by atoms with Crippen molar-refractivity contribution in [3.05, 3.63) is 47.9 Å². The Kier molecular flexibility index (Phi) is 3.00. The van der Waals surface area contributed by atoms with E-state index in [0.29, 0.717) is 5.69 Å². The normalized spacial score (nSPS) is 9.94. The molecule has 1 heterocycles. The van der Waals surface area contributed by atoms with E-state index < -0.39 is 0 Å². The van der Waals surface area contributed by atoms with Crippen LogP contribution in [0.3, 0.4) is 0 Å². The lowest BCUT2D eigenvalue weighted by Gasteiger charge is -2.04. The fraction of sp³-hybridized carbons (Fsp3) is 0.0833. The number of benzene rings is 1. The molecule has 0 radical (unpaired) electrons. The number of aryl methyl sites for hydroxylation is 1. The van der Waals surface area contributed by atoms with Crippen LogP contribution in [0, 0.1) is 6.92 Å². The van der Waals surface area contributed by atoms with Gasteiger partial charge in [0.1, 0.15) is 11.5 Å². The number of nitrogen functional groups attached to an aromatic ring is 1. The lowest BCUT2D eigenvalue weighted by molar-refractivity contribution is 0.102. The summed E-state index contributed by atoms with van der Waals surface area (Å²) in [6.45, 7) is 1.98. The highest BCUT2D eigenvalue weighted by atomic mass is 16.1. The Labute approximate surface area is 98.7 Å². The predicted octanol–water partition coefficient (Wildman–Crippen LogP) is 1.62. The lowest BCUT2D eigenvalue weighted by Crippen LogP contribution is -2.14. The molecule has 0 aliphatic heterocycles. The van der Waals surface area contributed by atoms with Gasteiger partial charge in [-0.05, 0) is 19.1 Å². The van der Waals surface area contributed by atoms with Crippen molar-refractivity contribution in [1.29, 1.82) is 0 Å². The fourth-order valence-electron chi connectivity index (χ4n) is 1.32. The minimum atomic E-state index is -0.325. The van der Waals surface area contributed by atoms with Crippen LogP contribution < -0.4 is 11.1 Å². The van der Waals surface area contributed by atoms with Gasteiger partial charge in [-0.2, -0.15) is 0 Å². The summed E-state index contributed by atoms with van der Waals surface area (Å²) < 4.78 is 0. The van der Waals surface area contributed by atoms with Crippen molar-refractivity contribution < 1.29 is 4.79 Å². The average Bonchev–Trinajstić information content (AvgIpc) is 2.32. The number of nitrogens with two attached hydrogens (primary N) is 1. The Morgan fingerprint density at radius 3 is 2.59 bits per heavy atom. The Morgan fingerprint density at radius 1 is 1.24 bits per heavy atom. The maximum absolute atomic E-state index is 11.8. The molecule has 86 valence electrons. The van der Waals surface area contributed by atoms with Gasteiger partial charge in [0, 0.05) is 5.69 Å². The van der Waals surface area contributed by atoms with Gasteiger partial charge in [0.25, 0.3) is 5.91 Å². The molecule has 0 fully saturated rings. The summed E-state index contributed by atoms with van der Waals surface area (Å²) in [4.78, 5) is 19.5. The first-order valence-corrected chi connectivity index (χ1v) is 5.11. The third-order valence-electron chi connectivity index (χ3n) is 2.20. The molecule has 0 atom stereocenters. The van der Waals surface area contributed by atoms with Crippen LogP contribution in [0.15, 0.2) is 36.7 Å². The van der Waals surface area contributed by atoms with E-state index >= 15 is 0 Å². The summed E-state index contributed by atoms with van der Waals surface area (Å²) in [5.74, 6) is -0.102. The first-order valence-electron chi connectivity index (χ1n) is 5.11. The van der Waals surface area contributed by atoms with E-state index in [1.807, 2.05) is 31.2 Å². The highest BCUT2D eigenvalue weighted by Gasteiger charge is 2.08. The summed E-state index contributed by atoms with van der Waals surface area (Å²) in [5, 5.41) is 2.72. The molecule has 0 spiro atoms. The van der Waals surface area contributed by atoms with Gasteiger partial charge in [-0.25, -0.2) is 4.98 Å². The number of anilines is 2. The molecule has 0 aliphatic carbocycles. The maximum Gasteiger partial charge on any atom is 0.275 e. The zero-order valence-corrected chi connectivity index (χ0v) is 9.34. The van der Waals surface area contributed by atoms with E-state index in [9.17, 15) is 4.79 Å². The minimum Gasteiger partial charge on any atom is -0.382 e. The topological polar surface area (TPSA) is 80.9 Å². The Bertz CT molecular complexity index is 536. The molecular formula is C12H12N4O. The molecule has 1 aromatic heterocycles. The summed E-state index contributed by atoms with van der Waals surface area (Å²) in [6, 6.07) is 7.49. The molecule has 5 heteroatoms. The highest BCUT2D eigenvalue weighted by molar-refractivity contribution is 6.02. The van der Waals surface area contributed by atoms with Crippen LogP contribution in [0.4, 0.5) is 11.5 Å². The summed E-state index contributed by atoms with van der Waals surface area (Å²) in [5.41, 5.74) is 7.50. The van der Waals surface area contributed by atoms with Gasteiger partial charge in [-0.15, -0.1) is 0 Å². The quantitative estimate of drug-likeness (QED) is 0.818. The highest BCUT2D eigenvalue weighted by Crippen LogP contribution is 2.10. The van der Waals surface area contributed by atoms with Crippen LogP contribution >= 0.6 is 0 Å². The Morgan fingerprint density at radius 2 is 1.94 bits per heavy atom. The third-order valence-corrected chi connectivity index (χ3v) is 2.20. The maximum atomic E-state index is 11.8. The molecule has 17 heavy (non-hydrogen) atoms. The molecule has 1 aromatic carbocycles. The number of carbonyl (C=O) groups excluding carboxylic acids is 1. The van der Waals surface area contributed by atoms with Gasteiger partial charge < -0.3 is 11.1 Å². The molecular weight excluding hydrogens is 216 g/mol. The Hall–Kier alpha value is -2.43. The zero-order valence-electron chi connectivity index (χ0n) is 9.34. The van der Waals surface area contributed by atoms with Gasteiger partial charge in [-0.3, -0.25) is 9.78 Å². The van der Waals surface area contributed by atoms with Crippen LogP contribution in [-0.2, 0) is 0 Å². The summed E-state index contributed by atoms with van der Waals surface area (Å²) >= 11 is 0. The van der Waals surface area contributed by atoms with Gasteiger partial charge in [0.05, 0.1) is 12.4 Å². The van der Waals surface area contributed by atoms with E-state index in [-0.39, 0.29) is 17.4 Å². The molecule has 0 saturated heterocycles. The second kappa shape index (κ2) is 4.61. The van der Waals surface area contributed by atoms with Crippen molar-refractivity contribution in [3.63, 3.8) is 0 Å². The van der Waals surface area contributed by atoms with Gasteiger partial charge in [0.2, 0.25) is 0 Å². The van der Waals surface area contributed by atoms with Crippen molar-refractivity contribution in [2.45, 2.75) is 6.92 Å². The molecule has 0 saturated carbocycles. The molecule has 0 bridgehead atoms. The lowest BCUT2D eigenvalue weighted by atomic mass is 10.2. The number of aromatic nitrogens is 2. The van der Waals surface area contributed by atoms with Gasteiger partial charge in [-0.1, -0.05) is 17.7 Å². The van der Waals surface area contributed by atoms with E-state index in [0.717, 1.165) is 5.56 Å². The standard InChI is InChI=1S/C12H12N4O/c1-8-2-4-9(5-3-8)15-12(17)10-6-14-7-11(13)16-10/h2-7H,1H3,(H2,13,16)(H,15,17). The van der Waals surface area contributed by atoms with E-state index in [2.05, 4.69) is 15.3 Å². The van der Waals surface area contributed by atoms with Crippen molar-refractivity contribution in [2.24, 2.45) is 0 Å². The fourth-order valence-corrected chi connectivity index (χ4v) is 1.32. The van der Waals surface area contributed by atoms with Crippen LogP contribution in [-0.4, -0.2) is 15.9 Å². The molecule has 1 amide bonds. The second-order valence-electron chi connectivity index (χ2n) is 3.65. The van der Waals surface area contributed by atoms with Gasteiger partial charge >= 0.3 is 0 Å². The van der Waals surface area contributed by atoms with Crippen molar-refractivity contribution in [3.8, 4) is 0 Å². The minimum absolute atomic E-state index is 0.200. The van der Waals surface area contributed by atoms with Crippen LogP contribution in [0.5, 0.6) is 0 Å². The zero-order chi connectivity index (χ0) is 12.3. The Balaban J connectivity index is 2.14. The van der Waals surface area contributed by atoms with E-state index in [1.165, 1.54) is 12.4 Å². The van der Waals surface area contributed by atoms with E-state index in [1.54, 1.807) is 0 Å². The number of nitrogens with one attached hydrogen (secondary N) is 1. The van der Waals surface area contributed by atoms with Gasteiger partial charge in [0.15, 0.2) is 0 Å². The number of carbonyl (C=O) groups is 1. The molecule has 2 aromatic rings. The summed E-state index contributed by atoms with van der Waals surface area (Å²) in [6.07, 6.45) is 2.77. The number of rotatable bonds is 2. The molecule has 0 aliphatic rings. The first kappa shape index (κ1) is 11.1. The van der Waals surface area contributed by atoms with Crippen molar-refractivity contribution in [1.82, 2.24) is 9.97 Å². The number of nitrogens with zero attached hydrogens (tertiary/aromatic N) is 2. The molecule has 2 rings (SSSR count). The second-order valence-corrected chi connectivity index (χ2v) is 3.65. The number of hydrogen-bond donors (Lipinski definition) is 2. The van der Waals surface area contributed by atoms with Crippen LogP contribution in [0.25, 0.3) is 0 Å².